The number of hydrogen-bond donors (Lipinski definition) is 3. The van der Waals surface area contributed by atoms with Gasteiger partial charge in [0.05, 0.1) is 5.56 Å². The summed E-state index contributed by atoms with van der Waals surface area (Å²) in [4.78, 5) is 24.0. The first-order valence-electron chi connectivity index (χ1n) is 7.00. The van der Waals surface area contributed by atoms with Gasteiger partial charge in [-0.15, -0.1) is 0 Å². The summed E-state index contributed by atoms with van der Waals surface area (Å²) in [6, 6.07) is 11.5. The average molecular weight is 298 g/mol. The lowest BCUT2D eigenvalue weighted by Crippen LogP contribution is -2.22. The predicted molar refractivity (Wildman–Crippen MR) is 85.2 cm³/mol. The van der Waals surface area contributed by atoms with Crippen molar-refractivity contribution >= 4 is 17.5 Å². The fourth-order valence-corrected chi connectivity index (χ4v) is 2.03. The molecule has 2 rings (SSSR count). The van der Waals surface area contributed by atoms with Crippen LogP contribution < -0.4 is 10.6 Å². The number of aromatic hydroxyl groups is 1. The van der Waals surface area contributed by atoms with Gasteiger partial charge in [-0.05, 0) is 49.7 Å². The highest BCUT2D eigenvalue weighted by Gasteiger charge is 2.12. The van der Waals surface area contributed by atoms with Crippen molar-refractivity contribution in [3.05, 3.63) is 59.2 Å². The lowest BCUT2D eigenvalue weighted by atomic mass is 10.1. The molecular weight excluding hydrogens is 280 g/mol. The van der Waals surface area contributed by atoms with Crippen LogP contribution in [0.2, 0.25) is 0 Å². The zero-order valence-corrected chi connectivity index (χ0v) is 12.5. The molecule has 0 heterocycles. The van der Waals surface area contributed by atoms with Gasteiger partial charge in [0.1, 0.15) is 5.75 Å². The Morgan fingerprint density at radius 2 is 1.86 bits per heavy atom. The third-order valence-corrected chi connectivity index (χ3v) is 3.12. The minimum atomic E-state index is -0.425. The number of anilines is 1. The quantitative estimate of drug-likeness (QED) is 0.812. The SMILES string of the molecule is CCNC(=O)c1cccc(NC(=O)c2ccc(C)cc2O)c1. The number of phenolic OH excluding ortho intramolecular Hbond substituents is 1. The molecule has 2 aromatic rings. The largest absolute Gasteiger partial charge is 0.507 e. The molecule has 0 aliphatic carbocycles. The van der Waals surface area contributed by atoms with Gasteiger partial charge in [-0.1, -0.05) is 12.1 Å². The minimum absolute atomic E-state index is 0.0719. The molecule has 0 saturated heterocycles. The molecule has 0 fully saturated rings. The summed E-state index contributed by atoms with van der Waals surface area (Å²) in [5, 5.41) is 15.2. The van der Waals surface area contributed by atoms with Crippen LogP contribution in [0.25, 0.3) is 0 Å². The molecule has 0 radical (unpaired) electrons. The first-order chi connectivity index (χ1) is 10.5. The van der Waals surface area contributed by atoms with Crippen LogP contribution in [0.1, 0.15) is 33.2 Å². The number of rotatable bonds is 4. The van der Waals surface area contributed by atoms with Crippen molar-refractivity contribution in [3.63, 3.8) is 0 Å². The summed E-state index contributed by atoms with van der Waals surface area (Å²) in [7, 11) is 0. The van der Waals surface area contributed by atoms with Crippen molar-refractivity contribution in [1.29, 1.82) is 0 Å². The van der Waals surface area contributed by atoms with Gasteiger partial charge < -0.3 is 15.7 Å². The van der Waals surface area contributed by atoms with Crippen LogP contribution in [-0.4, -0.2) is 23.5 Å². The average Bonchev–Trinajstić information content (AvgIpc) is 2.47. The van der Waals surface area contributed by atoms with E-state index < -0.39 is 5.91 Å². The second-order valence-corrected chi connectivity index (χ2v) is 4.91. The van der Waals surface area contributed by atoms with Gasteiger partial charge in [0.25, 0.3) is 11.8 Å². The van der Waals surface area contributed by atoms with Crippen molar-refractivity contribution in [3.8, 4) is 5.75 Å². The first-order valence-corrected chi connectivity index (χ1v) is 7.00. The van der Waals surface area contributed by atoms with Crippen molar-refractivity contribution in [2.45, 2.75) is 13.8 Å². The van der Waals surface area contributed by atoms with E-state index in [9.17, 15) is 14.7 Å². The lowest BCUT2D eigenvalue weighted by molar-refractivity contribution is 0.0954. The Labute approximate surface area is 129 Å². The zero-order valence-electron chi connectivity index (χ0n) is 12.5. The number of nitrogens with one attached hydrogen (secondary N) is 2. The molecule has 0 aliphatic heterocycles. The van der Waals surface area contributed by atoms with Gasteiger partial charge in [-0.25, -0.2) is 0 Å². The number of hydrogen-bond acceptors (Lipinski definition) is 3. The normalized spacial score (nSPS) is 10.1. The fourth-order valence-electron chi connectivity index (χ4n) is 2.03. The monoisotopic (exact) mass is 298 g/mol. The molecule has 0 bridgehead atoms. The maximum atomic E-state index is 12.2. The molecular formula is C17H18N2O3. The predicted octanol–water partition coefficient (Wildman–Crippen LogP) is 2.70. The molecule has 2 aromatic carbocycles. The Morgan fingerprint density at radius 1 is 1.09 bits per heavy atom. The Morgan fingerprint density at radius 3 is 2.55 bits per heavy atom. The van der Waals surface area contributed by atoms with Crippen LogP contribution in [0.4, 0.5) is 5.69 Å². The summed E-state index contributed by atoms with van der Waals surface area (Å²) in [6.45, 7) is 4.20. The Bertz CT molecular complexity index is 711. The Balaban J connectivity index is 2.18. The standard InChI is InChI=1S/C17H18N2O3/c1-3-18-16(21)12-5-4-6-13(10-12)19-17(22)14-8-7-11(2)9-15(14)20/h4-10,20H,3H2,1-2H3,(H,18,21)(H,19,22). The smallest absolute Gasteiger partial charge is 0.259 e. The molecule has 5 heteroatoms. The number of carbonyl (C=O) groups is 2. The summed E-state index contributed by atoms with van der Waals surface area (Å²) >= 11 is 0. The van der Waals surface area contributed by atoms with Crippen LogP contribution in [0, 0.1) is 6.92 Å². The molecule has 0 atom stereocenters. The molecule has 0 aliphatic rings. The molecule has 0 spiro atoms. The maximum absolute atomic E-state index is 12.2. The van der Waals surface area contributed by atoms with E-state index in [0.29, 0.717) is 17.8 Å². The molecule has 2 amide bonds. The van der Waals surface area contributed by atoms with E-state index in [0.717, 1.165) is 5.56 Å². The van der Waals surface area contributed by atoms with E-state index >= 15 is 0 Å². The van der Waals surface area contributed by atoms with Gasteiger partial charge in [0.15, 0.2) is 0 Å². The zero-order chi connectivity index (χ0) is 16.1. The lowest BCUT2D eigenvalue weighted by Gasteiger charge is -2.09. The van der Waals surface area contributed by atoms with E-state index in [2.05, 4.69) is 10.6 Å². The number of phenols is 1. The second-order valence-electron chi connectivity index (χ2n) is 4.91. The number of aryl methyl sites for hydroxylation is 1. The van der Waals surface area contributed by atoms with E-state index in [-0.39, 0.29) is 17.2 Å². The Hall–Kier alpha value is -2.82. The first kappa shape index (κ1) is 15.6. The third-order valence-electron chi connectivity index (χ3n) is 3.12. The number of carbonyl (C=O) groups excluding carboxylic acids is 2. The topological polar surface area (TPSA) is 78.4 Å². The fraction of sp³-hybridized carbons (Fsp3) is 0.176. The van der Waals surface area contributed by atoms with Crippen LogP contribution in [0.3, 0.4) is 0 Å². The third kappa shape index (κ3) is 3.63. The summed E-state index contributed by atoms with van der Waals surface area (Å²) in [5.74, 6) is -0.695. The molecule has 0 aromatic heterocycles. The highest BCUT2D eigenvalue weighted by molar-refractivity contribution is 6.06. The summed E-state index contributed by atoms with van der Waals surface area (Å²) < 4.78 is 0. The van der Waals surface area contributed by atoms with Crippen LogP contribution in [0.5, 0.6) is 5.75 Å². The molecule has 0 unspecified atom stereocenters. The van der Waals surface area contributed by atoms with Crippen LogP contribution >= 0.6 is 0 Å². The van der Waals surface area contributed by atoms with E-state index in [1.807, 2.05) is 13.8 Å². The van der Waals surface area contributed by atoms with Crippen LogP contribution in [-0.2, 0) is 0 Å². The van der Waals surface area contributed by atoms with Gasteiger partial charge >= 0.3 is 0 Å². The minimum Gasteiger partial charge on any atom is -0.507 e. The Kier molecular flexibility index (Phi) is 4.78. The molecule has 5 nitrogen and oxygen atoms in total. The van der Waals surface area contributed by atoms with Crippen molar-refractivity contribution in [2.75, 3.05) is 11.9 Å². The van der Waals surface area contributed by atoms with Gasteiger partial charge in [-0.2, -0.15) is 0 Å². The van der Waals surface area contributed by atoms with Gasteiger partial charge in [0.2, 0.25) is 0 Å². The van der Waals surface area contributed by atoms with E-state index in [1.165, 1.54) is 6.07 Å². The molecule has 0 saturated carbocycles. The number of amides is 2. The maximum Gasteiger partial charge on any atom is 0.259 e. The van der Waals surface area contributed by atoms with E-state index in [4.69, 9.17) is 0 Å². The van der Waals surface area contributed by atoms with Crippen molar-refractivity contribution in [1.82, 2.24) is 5.32 Å². The molecule has 22 heavy (non-hydrogen) atoms. The summed E-state index contributed by atoms with van der Waals surface area (Å²) in [5.41, 5.74) is 2.02. The molecule has 3 N–H and O–H groups in total. The van der Waals surface area contributed by atoms with Crippen molar-refractivity contribution in [2.24, 2.45) is 0 Å². The van der Waals surface area contributed by atoms with Gasteiger partial charge in [-0.3, -0.25) is 9.59 Å². The number of benzene rings is 2. The van der Waals surface area contributed by atoms with Crippen LogP contribution in [0.15, 0.2) is 42.5 Å². The molecule has 114 valence electrons. The van der Waals surface area contributed by atoms with Gasteiger partial charge in [0, 0.05) is 17.8 Å². The second kappa shape index (κ2) is 6.76. The van der Waals surface area contributed by atoms with E-state index in [1.54, 1.807) is 36.4 Å². The highest BCUT2D eigenvalue weighted by atomic mass is 16.3. The van der Waals surface area contributed by atoms with Crippen molar-refractivity contribution < 1.29 is 14.7 Å². The highest BCUT2D eigenvalue weighted by Crippen LogP contribution is 2.20. The summed E-state index contributed by atoms with van der Waals surface area (Å²) in [6.07, 6.45) is 0.